The first kappa shape index (κ1) is 18.5. The monoisotopic (exact) mass is 397 g/mol. The van der Waals surface area contributed by atoms with Gasteiger partial charge in [0.05, 0.1) is 37.8 Å². The molecule has 3 aliphatic heterocycles. The highest BCUT2D eigenvalue weighted by molar-refractivity contribution is 6.34. The van der Waals surface area contributed by atoms with Gasteiger partial charge in [0.25, 0.3) is 0 Å². The summed E-state index contributed by atoms with van der Waals surface area (Å²) < 4.78 is 5.86. The Balaban J connectivity index is 1.53. The molecular weight excluding hydrogens is 373 g/mol. The fourth-order valence-corrected chi connectivity index (χ4v) is 5.15. The number of nitrogens with one attached hydrogen (secondary N) is 1. The molecule has 0 saturated carbocycles. The maximum Gasteiger partial charge on any atom is 0.227 e. The topological polar surface area (TPSA) is 44.8 Å². The molecule has 0 radical (unpaired) electrons. The zero-order chi connectivity index (χ0) is 18.1. The van der Waals surface area contributed by atoms with E-state index in [9.17, 15) is 4.79 Å². The van der Waals surface area contributed by atoms with Crippen molar-refractivity contribution in [3.63, 3.8) is 0 Å². The first-order valence-electron chi connectivity index (χ1n) is 9.41. The molecule has 3 heterocycles. The van der Waals surface area contributed by atoms with Gasteiger partial charge in [0.15, 0.2) is 0 Å². The van der Waals surface area contributed by atoms with Crippen molar-refractivity contribution in [1.29, 1.82) is 0 Å². The SMILES string of the molecule is O=C(Cc1cc(Cl)cc(Cl)c1)N1CCNC2COCC(N3CCCC3)[C@H]21. The van der Waals surface area contributed by atoms with Gasteiger partial charge in [-0.1, -0.05) is 23.2 Å². The normalized spacial score (nSPS) is 29.6. The van der Waals surface area contributed by atoms with Crippen LogP contribution < -0.4 is 5.32 Å². The van der Waals surface area contributed by atoms with Gasteiger partial charge in [0.2, 0.25) is 5.91 Å². The highest BCUT2D eigenvalue weighted by atomic mass is 35.5. The van der Waals surface area contributed by atoms with E-state index in [4.69, 9.17) is 27.9 Å². The predicted molar refractivity (Wildman–Crippen MR) is 103 cm³/mol. The van der Waals surface area contributed by atoms with Gasteiger partial charge in [0, 0.05) is 23.1 Å². The van der Waals surface area contributed by atoms with Gasteiger partial charge in [0.1, 0.15) is 0 Å². The molecule has 7 heteroatoms. The third-order valence-electron chi connectivity index (χ3n) is 5.72. The molecular formula is C19H25Cl2N3O2. The Kier molecular flexibility index (Phi) is 5.72. The second kappa shape index (κ2) is 8.03. The second-order valence-electron chi connectivity index (χ2n) is 7.44. The molecule has 3 saturated heterocycles. The lowest BCUT2D eigenvalue weighted by molar-refractivity contribution is -0.142. The summed E-state index contributed by atoms with van der Waals surface area (Å²) in [7, 11) is 0. The van der Waals surface area contributed by atoms with Crippen molar-refractivity contribution in [3.05, 3.63) is 33.8 Å². The minimum absolute atomic E-state index is 0.144. The van der Waals surface area contributed by atoms with Crippen LogP contribution in [0.1, 0.15) is 18.4 Å². The van der Waals surface area contributed by atoms with Gasteiger partial charge in [-0.05, 0) is 49.7 Å². The van der Waals surface area contributed by atoms with Crippen LogP contribution in [0, 0.1) is 0 Å². The number of piperazine rings is 1. The Morgan fingerprint density at radius 1 is 1.12 bits per heavy atom. The molecule has 0 bridgehead atoms. The number of nitrogens with zero attached hydrogens (tertiary/aromatic N) is 2. The lowest BCUT2D eigenvalue weighted by atomic mass is 9.92. The van der Waals surface area contributed by atoms with Crippen LogP contribution in [0.4, 0.5) is 0 Å². The van der Waals surface area contributed by atoms with Crippen molar-refractivity contribution in [2.75, 3.05) is 39.4 Å². The quantitative estimate of drug-likeness (QED) is 0.848. The molecule has 3 fully saturated rings. The summed E-state index contributed by atoms with van der Waals surface area (Å²) in [6.45, 7) is 5.11. The number of carbonyl (C=O) groups excluding carboxylic acids is 1. The van der Waals surface area contributed by atoms with Gasteiger partial charge in [-0.15, -0.1) is 0 Å². The third kappa shape index (κ3) is 3.87. The molecule has 0 aliphatic carbocycles. The van der Waals surface area contributed by atoms with Crippen molar-refractivity contribution in [2.45, 2.75) is 37.4 Å². The van der Waals surface area contributed by atoms with Gasteiger partial charge in [-0.25, -0.2) is 0 Å². The fraction of sp³-hybridized carbons (Fsp3) is 0.632. The Morgan fingerprint density at radius 3 is 2.58 bits per heavy atom. The van der Waals surface area contributed by atoms with E-state index in [1.807, 2.05) is 12.1 Å². The zero-order valence-corrected chi connectivity index (χ0v) is 16.3. The van der Waals surface area contributed by atoms with Crippen molar-refractivity contribution in [2.24, 2.45) is 0 Å². The summed E-state index contributed by atoms with van der Waals surface area (Å²) in [4.78, 5) is 17.7. The third-order valence-corrected chi connectivity index (χ3v) is 6.16. The second-order valence-corrected chi connectivity index (χ2v) is 8.31. The van der Waals surface area contributed by atoms with Crippen LogP contribution in [0.5, 0.6) is 0 Å². The molecule has 142 valence electrons. The van der Waals surface area contributed by atoms with E-state index in [0.717, 1.165) is 31.7 Å². The van der Waals surface area contributed by atoms with Crippen LogP contribution in [0.15, 0.2) is 18.2 Å². The zero-order valence-electron chi connectivity index (χ0n) is 14.8. The molecule has 1 amide bonds. The van der Waals surface area contributed by atoms with Gasteiger partial charge >= 0.3 is 0 Å². The lowest BCUT2D eigenvalue weighted by Crippen LogP contribution is -2.70. The highest BCUT2D eigenvalue weighted by Gasteiger charge is 2.44. The van der Waals surface area contributed by atoms with Crippen LogP contribution in [-0.4, -0.2) is 73.2 Å². The molecule has 1 N–H and O–H groups in total. The number of benzene rings is 1. The van der Waals surface area contributed by atoms with Crippen LogP contribution in [0.2, 0.25) is 10.0 Å². The van der Waals surface area contributed by atoms with E-state index in [1.54, 1.807) is 6.07 Å². The number of hydrogen-bond donors (Lipinski definition) is 1. The van der Waals surface area contributed by atoms with Crippen LogP contribution in [-0.2, 0) is 16.0 Å². The molecule has 3 atom stereocenters. The molecule has 0 aromatic heterocycles. The number of carbonyl (C=O) groups is 1. The summed E-state index contributed by atoms with van der Waals surface area (Å²) in [5, 5.41) is 4.69. The average Bonchev–Trinajstić information content (AvgIpc) is 3.14. The highest BCUT2D eigenvalue weighted by Crippen LogP contribution is 2.27. The number of hydrogen-bond acceptors (Lipinski definition) is 4. The molecule has 1 aromatic carbocycles. The average molecular weight is 398 g/mol. The van der Waals surface area contributed by atoms with Gasteiger partial charge in [-0.3, -0.25) is 9.69 Å². The summed E-state index contributed by atoms with van der Waals surface area (Å²) >= 11 is 12.2. The Hall–Kier alpha value is -0.850. The molecule has 26 heavy (non-hydrogen) atoms. The number of fused-ring (bicyclic) bond motifs is 1. The predicted octanol–water partition coefficient (Wildman–Crippen LogP) is 2.20. The van der Waals surface area contributed by atoms with Crippen LogP contribution >= 0.6 is 23.2 Å². The Bertz CT molecular complexity index is 644. The number of ether oxygens (including phenoxy) is 1. The van der Waals surface area contributed by atoms with E-state index < -0.39 is 0 Å². The van der Waals surface area contributed by atoms with E-state index in [-0.39, 0.29) is 24.0 Å². The largest absolute Gasteiger partial charge is 0.378 e. The van der Waals surface area contributed by atoms with Crippen molar-refractivity contribution < 1.29 is 9.53 Å². The standard InChI is InChI=1S/C19H25Cl2N3O2/c20-14-7-13(8-15(21)10-14)9-18(25)24-6-3-22-16-11-26-12-17(19(16)24)23-4-1-2-5-23/h7-8,10,16-17,19,22H,1-6,9,11-12H2/t16?,17?,19-/m0/s1. The summed E-state index contributed by atoms with van der Waals surface area (Å²) in [5.41, 5.74) is 0.868. The molecule has 1 aromatic rings. The van der Waals surface area contributed by atoms with E-state index in [1.165, 1.54) is 12.8 Å². The van der Waals surface area contributed by atoms with Crippen molar-refractivity contribution in [1.82, 2.24) is 15.1 Å². The molecule has 4 rings (SSSR count). The van der Waals surface area contributed by atoms with Gasteiger partial charge in [-0.2, -0.15) is 0 Å². The maximum absolute atomic E-state index is 13.2. The van der Waals surface area contributed by atoms with Crippen molar-refractivity contribution in [3.8, 4) is 0 Å². The first-order valence-corrected chi connectivity index (χ1v) is 10.2. The Morgan fingerprint density at radius 2 is 1.85 bits per heavy atom. The van der Waals surface area contributed by atoms with E-state index in [0.29, 0.717) is 29.7 Å². The molecule has 3 aliphatic rings. The number of amides is 1. The van der Waals surface area contributed by atoms with E-state index in [2.05, 4.69) is 15.1 Å². The minimum Gasteiger partial charge on any atom is -0.378 e. The Labute approximate surface area is 164 Å². The fourth-order valence-electron chi connectivity index (χ4n) is 4.58. The molecule has 2 unspecified atom stereocenters. The number of likely N-dealkylation sites (tertiary alicyclic amines) is 1. The van der Waals surface area contributed by atoms with Crippen LogP contribution in [0.3, 0.4) is 0 Å². The van der Waals surface area contributed by atoms with E-state index >= 15 is 0 Å². The minimum atomic E-state index is 0.144. The maximum atomic E-state index is 13.2. The first-order chi connectivity index (χ1) is 12.6. The lowest BCUT2D eigenvalue weighted by Gasteiger charge is -2.50. The van der Waals surface area contributed by atoms with Gasteiger partial charge < -0.3 is 15.0 Å². The van der Waals surface area contributed by atoms with Crippen LogP contribution in [0.25, 0.3) is 0 Å². The summed E-state index contributed by atoms with van der Waals surface area (Å²) in [6, 6.07) is 5.99. The number of halogens is 2. The molecule has 0 spiro atoms. The summed E-state index contributed by atoms with van der Waals surface area (Å²) in [5.74, 6) is 0.144. The summed E-state index contributed by atoms with van der Waals surface area (Å²) in [6.07, 6.45) is 2.80. The van der Waals surface area contributed by atoms with Crippen molar-refractivity contribution >= 4 is 29.1 Å². The molecule has 5 nitrogen and oxygen atoms in total. The number of rotatable bonds is 3. The smallest absolute Gasteiger partial charge is 0.227 e.